The maximum absolute atomic E-state index is 10.3. The van der Waals surface area contributed by atoms with Gasteiger partial charge in [-0.1, -0.05) is 6.58 Å². The molecule has 1 amide bonds. The number of nitrogens with one attached hydrogen (secondary N) is 1. The molecule has 0 rings (SSSR count). The Morgan fingerprint density at radius 3 is 2.00 bits per heavy atom. The highest BCUT2D eigenvalue weighted by Crippen LogP contribution is 1.81. The van der Waals surface area contributed by atoms with Crippen molar-refractivity contribution in [1.82, 2.24) is 5.32 Å². The summed E-state index contributed by atoms with van der Waals surface area (Å²) in [7, 11) is 1.58. The Bertz CT molecular complexity index is 98.6. The van der Waals surface area contributed by atoms with Crippen molar-refractivity contribution >= 4 is 5.91 Å². The van der Waals surface area contributed by atoms with Crippen LogP contribution in [-0.4, -0.2) is 18.4 Å². The van der Waals surface area contributed by atoms with Gasteiger partial charge in [-0.15, -0.1) is 0 Å². The highest BCUT2D eigenvalue weighted by Gasteiger charge is 1.92. The van der Waals surface area contributed by atoms with Gasteiger partial charge in [-0.3, -0.25) is 4.79 Å². The van der Waals surface area contributed by atoms with E-state index in [-0.39, 0.29) is 11.4 Å². The molecule has 0 unspecified atom stereocenters. The van der Waals surface area contributed by atoms with E-state index in [0.717, 1.165) is 0 Å². The van der Waals surface area contributed by atoms with E-state index in [1.807, 2.05) is 0 Å². The zero-order chi connectivity index (χ0) is 5.86. The van der Waals surface area contributed by atoms with E-state index in [4.69, 9.17) is 0 Å². The molecule has 0 aromatic carbocycles. The molecule has 0 saturated carbocycles. The smallest absolute Gasteiger partial charge is 0.246 e. The lowest BCUT2D eigenvalue weighted by atomic mass is 10.3. The number of carbonyl (C=O) groups excluding carboxylic acids is 1. The van der Waals surface area contributed by atoms with E-state index in [1.54, 1.807) is 14.0 Å². The zero-order valence-corrected chi connectivity index (χ0v) is 5.12. The molecule has 48 valence electrons. The number of carbonyl (C=O) groups is 1. The first-order valence-electron chi connectivity index (χ1n) is 2.06. The van der Waals surface area contributed by atoms with Crippen molar-refractivity contribution in [2.45, 2.75) is 6.92 Å². The van der Waals surface area contributed by atoms with E-state index < -0.39 is 0 Å². The third-order valence-electron chi connectivity index (χ3n) is 0.615. The van der Waals surface area contributed by atoms with Gasteiger partial charge in [-0.05, 0) is 6.92 Å². The lowest BCUT2D eigenvalue weighted by Gasteiger charge is -1.91. The second-order valence-corrected chi connectivity index (χ2v) is 1.36. The molecule has 0 aliphatic heterocycles. The Labute approximate surface area is 48.7 Å². The van der Waals surface area contributed by atoms with E-state index in [2.05, 4.69) is 11.9 Å². The molecular weight excluding hydrogens is 106 g/mol. The van der Waals surface area contributed by atoms with Gasteiger partial charge in [0.2, 0.25) is 5.91 Å². The van der Waals surface area contributed by atoms with Crippen molar-refractivity contribution in [3.63, 3.8) is 0 Å². The second kappa shape index (κ2) is 4.33. The summed E-state index contributed by atoms with van der Waals surface area (Å²) in [5.41, 5.74) is 0.544. The van der Waals surface area contributed by atoms with Crippen molar-refractivity contribution in [2.24, 2.45) is 0 Å². The van der Waals surface area contributed by atoms with Crippen LogP contribution in [0.25, 0.3) is 0 Å². The van der Waals surface area contributed by atoms with Crippen LogP contribution in [0, 0.1) is 0 Å². The molecule has 0 bridgehead atoms. The molecule has 0 aromatic rings. The monoisotopic (exact) mass is 117 g/mol. The summed E-state index contributed by atoms with van der Waals surface area (Å²) in [5, 5.41) is 2.43. The minimum atomic E-state index is -0.0972. The van der Waals surface area contributed by atoms with Gasteiger partial charge in [-0.25, -0.2) is 0 Å². The first-order valence-corrected chi connectivity index (χ1v) is 2.06. The van der Waals surface area contributed by atoms with Crippen LogP contribution in [0.15, 0.2) is 12.2 Å². The fraction of sp³-hybridized carbons (Fsp3) is 0.400. The average molecular weight is 117 g/mol. The molecule has 0 heterocycles. The molecule has 3 nitrogen and oxygen atoms in total. The fourth-order valence-electron chi connectivity index (χ4n) is 0.213. The topological polar surface area (TPSA) is 60.6 Å². The quantitative estimate of drug-likeness (QED) is 0.462. The van der Waals surface area contributed by atoms with Crippen molar-refractivity contribution in [1.29, 1.82) is 0 Å². The van der Waals surface area contributed by atoms with Gasteiger partial charge in [0.15, 0.2) is 0 Å². The van der Waals surface area contributed by atoms with Crippen molar-refractivity contribution in [3.05, 3.63) is 12.2 Å². The molecule has 0 aromatic heterocycles. The van der Waals surface area contributed by atoms with Crippen LogP contribution < -0.4 is 5.32 Å². The molecule has 3 N–H and O–H groups in total. The lowest BCUT2D eigenvalue weighted by Crippen LogP contribution is -2.17. The van der Waals surface area contributed by atoms with E-state index in [1.165, 1.54) is 0 Å². The number of amides is 1. The molecule has 0 aliphatic rings. The summed E-state index contributed by atoms with van der Waals surface area (Å²) in [6.07, 6.45) is 0. The average Bonchev–Trinajstić information content (AvgIpc) is 1.65. The molecular formula is C5H11NO2. The van der Waals surface area contributed by atoms with Crippen molar-refractivity contribution in [3.8, 4) is 0 Å². The van der Waals surface area contributed by atoms with Crippen LogP contribution in [0.4, 0.5) is 0 Å². The Balaban J connectivity index is 0. The normalized spacial score (nSPS) is 6.75. The maximum Gasteiger partial charge on any atom is 0.246 e. The Morgan fingerprint density at radius 2 is 2.00 bits per heavy atom. The molecule has 0 radical (unpaired) electrons. The molecule has 0 fully saturated rings. The molecule has 0 aliphatic carbocycles. The SMILES string of the molecule is C=C(C)C(=O)NC.O. The number of rotatable bonds is 1. The third kappa shape index (κ3) is 3.36. The lowest BCUT2D eigenvalue weighted by molar-refractivity contribution is -0.116. The first-order chi connectivity index (χ1) is 3.18. The highest BCUT2D eigenvalue weighted by molar-refractivity contribution is 5.91. The van der Waals surface area contributed by atoms with E-state index >= 15 is 0 Å². The van der Waals surface area contributed by atoms with Crippen LogP contribution in [0.3, 0.4) is 0 Å². The fourth-order valence-corrected chi connectivity index (χ4v) is 0.213. The molecule has 0 saturated heterocycles. The largest absolute Gasteiger partial charge is 0.412 e. The van der Waals surface area contributed by atoms with E-state index in [9.17, 15) is 4.79 Å². The summed E-state index contributed by atoms with van der Waals surface area (Å²) >= 11 is 0. The summed E-state index contributed by atoms with van der Waals surface area (Å²) in [6, 6.07) is 0. The van der Waals surface area contributed by atoms with Gasteiger partial charge < -0.3 is 10.8 Å². The van der Waals surface area contributed by atoms with Gasteiger partial charge >= 0.3 is 0 Å². The molecule has 8 heavy (non-hydrogen) atoms. The van der Waals surface area contributed by atoms with Gasteiger partial charge in [0.1, 0.15) is 0 Å². The highest BCUT2D eigenvalue weighted by atomic mass is 16.1. The van der Waals surface area contributed by atoms with Crippen LogP contribution in [0.2, 0.25) is 0 Å². The Kier molecular flexibility index (Phi) is 5.53. The summed E-state index contributed by atoms with van der Waals surface area (Å²) < 4.78 is 0. The minimum absolute atomic E-state index is 0. The summed E-state index contributed by atoms with van der Waals surface area (Å²) in [4.78, 5) is 10.3. The molecule has 0 atom stereocenters. The standard InChI is InChI=1S/C5H9NO.H2O/c1-4(2)5(7)6-3;/h1H2,2-3H3,(H,6,7);1H2. The minimum Gasteiger partial charge on any atom is -0.412 e. The van der Waals surface area contributed by atoms with Crippen molar-refractivity contribution in [2.75, 3.05) is 7.05 Å². The summed E-state index contributed by atoms with van der Waals surface area (Å²) in [6.45, 7) is 5.08. The Hall–Kier alpha value is -0.830. The van der Waals surface area contributed by atoms with Gasteiger partial charge in [0.25, 0.3) is 0 Å². The van der Waals surface area contributed by atoms with E-state index in [0.29, 0.717) is 5.57 Å². The van der Waals surface area contributed by atoms with Crippen LogP contribution in [0.1, 0.15) is 6.92 Å². The molecule has 3 heteroatoms. The summed E-state index contributed by atoms with van der Waals surface area (Å²) in [5.74, 6) is -0.0972. The van der Waals surface area contributed by atoms with Crippen LogP contribution in [0.5, 0.6) is 0 Å². The maximum atomic E-state index is 10.3. The Morgan fingerprint density at radius 1 is 1.62 bits per heavy atom. The molecule has 0 spiro atoms. The third-order valence-corrected chi connectivity index (χ3v) is 0.615. The zero-order valence-electron chi connectivity index (χ0n) is 5.12. The van der Waals surface area contributed by atoms with Gasteiger partial charge in [0.05, 0.1) is 0 Å². The van der Waals surface area contributed by atoms with Gasteiger partial charge in [-0.2, -0.15) is 0 Å². The van der Waals surface area contributed by atoms with Crippen LogP contribution in [-0.2, 0) is 4.79 Å². The number of hydrogen-bond acceptors (Lipinski definition) is 1. The second-order valence-electron chi connectivity index (χ2n) is 1.36. The first kappa shape index (κ1) is 10.2. The van der Waals surface area contributed by atoms with Crippen LogP contribution >= 0.6 is 0 Å². The predicted molar refractivity (Wildman–Crippen MR) is 32.5 cm³/mol. The predicted octanol–water partition coefficient (Wildman–Crippen LogP) is -0.516. The number of hydrogen-bond donors (Lipinski definition) is 1. The van der Waals surface area contributed by atoms with Crippen molar-refractivity contribution < 1.29 is 10.3 Å². The van der Waals surface area contributed by atoms with Gasteiger partial charge in [0, 0.05) is 12.6 Å². The number of likely N-dealkylation sites (N-methyl/N-ethyl adjacent to an activating group) is 1.